The number of piperidine rings is 1. The lowest BCUT2D eigenvalue weighted by atomic mass is 9.89. The van der Waals surface area contributed by atoms with Crippen molar-refractivity contribution >= 4 is 28.6 Å². The van der Waals surface area contributed by atoms with Gasteiger partial charge in [-0.2, -0.15) is 0 Å². The van der Waals surface area contributed by atoms with Gasteiger partial charge in [0.15, 0.2) is 0 Å². The minimum absolute atomic E-state index is 0.159. The number of H-pyrrole nitrogens is 1. The second kappa shape index (κ2) is 11.1. The molecule has 0 spiro atoms. The smallest absolute Gasteiger partial charge is 0.254 e. The highest BCUT2D eigenvalue weighted by atomic mass is 32.2. The summed E-state index contributed by atoms with van der Waals surface area (Å²) in [6.45, 7) is 12.7. The second-order valence-electron chi connectivity index (χ2n) is 11.0. The van der Waals surface area contributed by atoms with Gasteiger partial charge in [-0.05, 0) is 84.9 Å². The van der Waals surface area contributed by atoms with Crippen molar-refractivity contribution in [2.75, 3.05) is 25.9 Å². The molecular weight excluding hydrogens is 484 g/mol. The predicted octanol–water partition coefficient (Wildman–Crippen LogP) is 4.64. The van der Waals surface area contributed by atoms with Gasteiger partial charge in [0.2, 0.25) is 0 Å². The Morgan fingerprint density at radius 2 is 1.92 bits per heavy atom. The van der Waals surface area contributed by atoms with Gasteiger partial charge in [0.25, 0.3) is 11.5 Å². The average Bonchev–Trinajstić information content (AvgIpc) is 3.13. The van der Waals surface area contributed by atoms with Crippen molar-refractivity contribution in [2.45, 2.75) is 70.5 Å². The summed E-state index contributed by atoms with van der Waals surface area (Å²) in [5.41, 5.74) is 3.24. The molecule has 1 aliphatic rings. The fraction of sp³-hybridized carbons (Fsp3) is 0.517. The Morgan fingerprint density at radius 3 is 2.57 bits per heavy atom. The molecule has 1 aromatic carbocycles. The molecule has 4 rings (SSSR count). The summed E-state index contributed by atoms with van der Waals surface area (Å²) in [7, 11) is 0. The van der Waals surface area contributed by atoms with E-state index in [1.165, 1.54) is 11.8 Å². The third-order valence-electron chi connectivity index (χ3n) is 7.59. The lowest BCUT2D eigenvalue weighted by Crippen LogP contribution is -2.43. The maximum Gasteiger partial charge on any atom is 0.254 e. The highest BCUT2D eigenvalue weighted by Gasteiger charge is 2.30. The molecule has 1 atom stereocenters. The number of nitrogens with zero attached hydrogens (tertiary/aromatic N) is 2. The highest BCUT2D eigenvalue weighted by Crippen LogP contribution is 2.36. The molecule has 0 unspecified atom stereocenters. The number of benzene rings is 1. The molecule has 1 amide bonds. The van der Waals surface area contributed by atoms with E-state index in [4.69, 9.17) is 0 Å². The summed E-state index contributed by atoms with van der Waals surface area (Å²) in [6.07, 6.45) is 4.05. The largest absolute Gasteiger partial charge is 0.389 e. The van der Waals surface area contributed by atoms with Gasteiger partial charge in [0.1, 0.15) is 0 Å². The molecule has 37 heavy (non-hydrogen) atoms. The molecule has 0 aliphatic carbocycles. The van der Waals surface area contributed by atoms with Gasteiger partial charge in [-0.15, -0.1) is 11.8 Å². The summed E-state index contributed by atoms with van der Waals surface area (Å²) in [4.78, 5) is 32.2. The normalized spacial score (nSPS) is 16.3. The number of thioether (sulfide) groups is 1. The van der Waals surface area contributed by atoms with E-state index in [0.29, 0.717) is 23.6 Å². The Bertz CT molecular complexity index is 1330. The number of likely N-dealkylation sites (tertiary alicyclic amines) is 1. The van der Waals surface area contributed by atoms with Gasteiger partial charge in [-0.1, -0.05) is 18.2 Å². The van der Waals surface area contributed by atoms with Crippen LogP contribution in [0.3, 0.4) is 0 Å². The number of hydrogen-bond donors (Lipinski definition) is 3. The predicted molar refractivity (Wildman–Crippen MR) is 152 cm³/mol. The SMILES string of the molecule is CSc1cc(C)[nH]c(=O)c1CNC(=O)c1c(C)n([C@H](C)C2CCN(CC(C)(C)O)CC2)c2ccccc12. The van der Waals surface area contributed by atoms with Gasteiger partial charge in [-0.25, -0.2) is 0 Å². The number of nitrogens with one attached hydrogen (secondary N) is 2. The molecule has 1 saturated heterocycles. The number of aryl methyl sites for hydroxylation is 1. The zero-order chi connectivity index (χ0) is 26.9. The van der Waals surface area contributed by atoms with Crippen molar-refractivity contribution in [1.29, 1.82) is 0 Å². The van der Waals surface area contributed by atoms with Crippen LogP contribution in [0.4, 0.5) is 0 Å². The number of aliphatic hydroxyl groups is 1. The standard InChI is InChI=1S/C29H40N4O3S/c1-18-15-25(37-6)23(27(34)31-18)16-30-28(35)26-20(3)33(24-10-8-7-9-22(24)26)19(2)21-11-13-32(14-12-21)17-29(4,5)36/h7-10,15,19,21,36H,11-14,16-17H2,1-6H3,(H,30,35)(H,31,34)/t19-/m1/s1. The van der Waals surface area contributed by atoms with E-state index in [1.807, 2.05) is 58.2 Å². The van der Waals surface area contributed by atoms with Crippen LogP contribution in [-0.4, -0.2) is 57.0 Å². The number of rotatable bonds is 8. The molecule has 3 N–H and O–H groups in total. The van der Waals surface area contributed by atoms with E-state index in [9.17, 15) is 14.7 Å². The minimum Gasteiger partial charge on any atom is -0.389 e. The summed E-state index contributed by atoms with van der Waals surface area (Å²) in [5.74, 6) is 0.324. The van der Waals surface area contributed by atoms with Crippen LogP contribution in [-0.2, 0) is 6.54 Å². The number of fused-ring (bicyclic) bond motifs is 1. The van der Waals surface area contributed by atoms with E-state index in [-0.39, 0.29) is 24.1 Å². The molecule has 2 aromatic heterocycles. The fourth-order valence-corrected chi connectivity index (χ4v) is 6.55. The molecule has 7 nitrogen and oxygen atoms in total. The number of pyridine rings is 1. The Balaban J connectivity index is 1.58. The van der Waals surface area contributed by atoms with Crippen molar-refractivity contribution in [1.82, 2.24) is 19.8 Å². The summed E-state index contributed by atoms with van der Waals surface area (Å²) in [5, 5.41) is 14.2. The molecule has 0 bridgehead atoms. The summed E-state index contributed by atoms with van der Waals surface area (Å²) >= 11 is 1.51. The Morgan fingerprint density at radius 1 is 1.24 bits per heavy atom. The molecular formula is C29H40N4O3S. The van der Waals surface area contributed by atoms with Crippen LogP contribution in [0.25, 0.3) is 10.9 Å². The molecule has 200 valence electrons. The number of hydrogen-bond acceptors (Lipinski definition) is 5. The molecule has 0 radical (unpaired) electrons. The van der Waals surface area contributed by atoms with Crippen LogP contribution in [0.5, 0.6) is 0 Å². The zero-order valence-electron chi connectivity index (χ0n) is 22.9. The molecule has 8 heteroatoms. The number of aromatic amines is 1. The molecule has 1 aliphatic heterocycles. The summed E-state index contributed by atoms with van der Waals surface area (Å²) < 4.78 is 2.33. The van der Waals surface area contributed by atoms with E-state index < -0.39 is 5.60 Å². The number of amides is 1. The van der Waals surface area contributed by atoms with Gasteiger partial charge in [0.05, 0.1) is 11.2 Å². The van der Waals surface area contributed by atoms with Gasteiger partial charge in [0, 0.05) is 51.9 Å². The molecule has 0 saturated carbocycles. The van der Waals surface area contributed by atoms with Gasteiger partial charge < -0.3 is 24.9 Å². The Hall–Kier alpha value is -2.55. The molecule has 3 aromatic rings. The number of carbonyl (C=O) groups is 1. The van der Waals surface area contributed by atoms with Crippen molar-refractivity contribution in [3.63, 3.8) is 0 Å². The van der Waals surface area contributed by atoms with Crippen molar-refractivity contribution in [3.8, 4) is 0 Å². The van der Waals surface area contributed by atoms with Crippen molar-refractivity contribution in [2.24, 2.45) is 5.92 Å². The fourth-order valence-electron chi connectivity index (χ4n) is 5.85. The first-order valence-electron chi connectivity index (χ1n) is 13.1. The second-order valence-corrected chi connectivity index (χ2v) is 11.9. The van der Waals surface area contributed by atoms with E-state index in [1.54, 1.807) is 0 Å². The maximum atomic E-state index is 13.5. The third-order valence-corrected chi connectivity index (χ3v) is 8.39. The first-order chi connectivity index (χ1) is 17.5. The third kappa shape index (κ3) is 5.97. The quantitative estimate of drug-likeness (QED) is 0.374. The van der Waals surface area contributed by atoms with Crippen LogP contribution in [0, 0.1) is 19.8 Å². The number of aromatic nitrogens is 2. The zero-order valence-corrected chi connectivity index (χ0v) is 23.7. The van der Waals surface area contributed by atoms with Crippen molar-refractivity contribution < 1.29 is 9.90 Å². The van der Waals surface area contributed by atoms with Crippen molar-refractivity contribution in [3.05, 3.63) is 63.2 Å². The number of para-hydroxylation sites is 1. The first kappa shape index (κ1) is 27.5. The number of carbonyl (C=O) groups excluding carboxylic acids is 1. The van der Waals surface area contributed by atoms with Crippen LogP contribution in [0.1, 0.15) is 67.0 Å². The maximum absolute atomic E-state index is 13.5. The average molecular weight is 525 g/mol. The summed E-state index contributed by atoms with van der Waals surface area (Å²) in [6, 6.07) is 10.3. The topological polar surface area (TPSA) is 90.4 Å². The van der Waals surface area contributed by atoms with Gasteiger partial charge in [-0.3, -0.25) is 9.59 Å². The number of β-amino-alcohol motifs (C(OH)–C–C–N with tert-alkyl or cyclic N) is 1. The van der Waals surface area contributed by atoms with E-state index >= 15 is 0 Å². The van der Waals surface area contributed by atoms with E-state index in [2.05, 4.69) is 32.8 Å². The molecule has 1 fully saturated rings. The lowest BCUT2D eigenvalue weighted by molar-refractivity contribution is 0.0214. The highest BCUT2D eigenvalue weighted by molar-refractivity contribution is 7.98. The monoisotopic (exact) mass is 524 g/mol. The van der Waals surface area contributed by atoms with Crippen LogP contribution >= 0.6 is 11.8 Å². The van der Waals surface area contributed by atoms with Gasteiger partial charge >= 0.3 is 0 Å². The minimum atomic E-state index is -0.687. The molecule has 3 heterocycles. The Kier molecular flexibility index (Phi) is 8.21. The van der Waals surface area contributed by atoms with Crippen LogP contribution in [0.2, 0.25) is 0 Å². The first-order valence-corrected chi connectivity index (χ1v) is 14.3. The van der Waals surface area contributed by atoms with E-state index in [0.717, 1.165) is 53.1 Å². The Labute approximate surface area is 223 Å². The lowest BCUT2D eigenvalue weighted by Gasteiger charge is -2.38. The van der Waals surface area contributed by atoms with Crippen LogP contribution < -0.4 is 10.9 Å². The van der Waals surface area contributed by atoms with Crippen LogP contribution in [0.15, 0.2) is 40.0 Å².